The van der Waals surface area contributed by atoms with Gasteiger partial charge in [-0.1, -0.05) is 0 Å². The lowest BCUT2D eigenvalue weighted by molar-refractivity contribution is -0.123. The number of nitrogens with one attached hydrogen (secondary N) is 2. The Labute approximate surface area is 127 Å². The number of carbonyl (C=O) groups is 1. The molecule has 2 aliphatic heterocycles. The molecule has 0 aromatic carbocycles. The van der Waals surface area contributed by atoms with Crippen molar-refractivity contribution < 1.29 is 14.3 Å². The first-order valence-corrected chi connectivity index (χ1v) is 8.11. The van der Waals surface area contributed by atoms with Gasteiger partial charge in [-0.2, -0.15) is 0 Å². The zero-order valence-electron chi connectivity index (χ0n) is 13.1. The van der Waals surface area contributed by atoms with Gasteiger partial charge < -0.3 is 20.1 Å². The number of ether oxygens (including phenoxy) is 2. The van der Waals surface area contributed by atoms with Crippen LogP contribution in [0.25, 0.3) is 0 Å². The average molecular weight is 299 g/mol. The fourth-order valence-corrected chi connectivity index (χ4v) is 2.97. The van der Waals surface area contributed by atoms with Gasteiger partial charge in [0.2, 0.25) is 5.91 Å². The van der Waals surface area contributed by atoms with Crippen molar-refractivity contribution in [2.45, 2.75) is 37.8 Å². The van der Waals surface area contributed by atoms with E-state index in [1.807, 2.05) is 0 Å². The third kappa shape index (κ3) is 6.30. The van der Waals surface area contributed by atoms with Gasteiger partial charge in [-0.05, 0) is 32.2 Å². The molecule has 2 saturated heterocycles. The van der Waals surface area contributed by atoms with Gasteiger partial charge in [-0.25, -0.2) is 0 Å². The molecule has 0 aliphatic carbocycles. The molecular weight excluding hydrogens is 270 g/mol. The van der Waals surface area contributed by atoms with Gasteiger partial charge in [0.15, 0.2) is 0 Å². The van der Waals surface area contributed by atoms with Gasteiger partial charge in [0, 0.05) is 39.4 Å². The summed E-state index contributed by atoms with van der Waals surface area (Å²) >= 11 is 0. The summed E-state index contributed by atoms with van der Waals surface area (Å²) in [4.78, 5) is 14.3. The van der Waals surface area contributed by atoms with Crippen LogP contribution in [0.3, 0.4) is 0 Å². The minimum Gasteiger partial charge on any atom is -0.383 e. The summed E-state index contributed by atoms with van der Waals surface area (Å²) in [6.07, 6.45) is 4.79. The molecule has 2 aliphatic rings. The molecule has 2 heterocycles. The molecule has 2 N–H and O–H groups in total. The number of amides is 1. The van der Waals surface area contributed by atoms with E-state index in [1.54, 1.807) is 7.11 Å². The highest BCUT2D eigenvalue weighted by Crippen LogP contribution is 2.10. The second-order valence-corrected chi connectivity index (χ2v) is 5.96. The fraction of sp³-hybridized carbons (Fsp3) is 0.933. The van der Waals surface area contributed by atoms with Crippen molar-refractivity contribution in [3.63, 3.8) is 0 Å². The van der Waals surface area contributed by atoms with Crippen LogP contribution >= 0.6 is 0 Å². The first-order valence-electron chi connectivity index (χ1n) is 8.11. The Morgan fingerprint density at radius 1 is 1.43 bits per heavy atom. The molecule has 0 spiro atoms. The molecular formula is C15H29N3O3. The van der Waals surface area contributed by atoms with E-state index in [9.17, 15) is 4.79 Å². The van der Waals surface area contributed by atoms with Crippen LogP contribution in [-0.2, 0) is 14.3 Å². The van der Waals surface area contributed by atoms with Crippen LogP contribution in [0.5, 0.6) is 0 Å². The summed E-state index contributed by atoms with van der Waals surface area (Å²) in [5.41, 5.74) is 0. The van der Waals surface area contributed by atoms with E-state index in [2.05, 4.69) is 15.5 Å². The zero-order chi connectivity index (χ0) is 14.9. The van der Waals surface area contributed by atoms with Crippen LogP contribution < -0.4 is 10.6 Å². The SMILES string of the molecule is COCCN(CC(=O)NCC1CCCO1)CC1CCCN1. The van der Waals surface area contributed by atoms with Crippen molar-refractivity contribution in [2.75, 3.05) is 53.0 Å². The molecule has 0 aromatic heterocycles. The Morgan fingerprint density at radius 2 is 2.33 bits per heavy atom. The Balaban J connectivity index is 1.68. The molecule has 1 amide bonds. The quantitative estimate of drug-likeness (QED) is 0.627. The van der Waals surface area contributed by atoms with Gasteiger partial charge in [0.05, 0.1) is 19.3 Å². The molecule has 2 atom stereocenters. The first kappa shape index (κ1) is 16.7. The summed E-state index contributed by atoms with van der Waals surface area (Å²) in [5.74, 6) is 0.0830. The van der Waals surface area contributed by atoms with Crippen molar-refractivity contribution in [1.29, 1.82) is 0 Å². The molecule has 21 heavy (non-hydrogen) atoms. The number of carbonyl (C=O) groups excluding carboxylic acids is 1. The number of hydrogen-bond donors (Lipinski definition) is 2. The molecule has 0 saturated carbocycles. The van der Waals surface area contributed by atoms with Crippen molar-refractivity contribution in [1.82, 2.24) is 15.5 Å². The summed E-state index contributed by atoms with van der Waals surface area (Å²) in [6.45, 7) is 5.36. The minimum atomic E-state index is 0.0830. The summed E-state index contributed by atoms with van der Waals surface area (Å²) in [6, 6.07) is 0.507. The zero-order valence-corrected chi connectivity index (χ0v) is 13.1. The molecule has 2 fully saturated rings. The van der Waals surface area contributed by atoms with Gasteiger partial charge >= 0.3 is 0 Å². The monoisotopic (exact) mass is 299 g/mol. The number of nitrogens with zero attached hydrogens (tertiary/aromatic N) is 1. The van der Waals surface area contributed by atoms with E-state index < -0.39 is 0 Å². The van der Waals surface area contributed by atoms with Gasteiger partial charge in [0.25, 0.3) is 0 Å². The fourth-order valence-electron chi connectivity index (χ4n) is 2.97. The lowest BCUT2D eigenvalue weighted by Gasteiger charge is -2.25. The second-order valence-electron chi connectivity index (χ2n) is 5.96. The van der Waals surface area contributed by atoms with E-state index in [-0.39, 0.29) is 12.0 Å². The highest BCUT2D eigenvalue weighted by Gasteiger charge is 2.20. The maximum Gasteiger partial charge on any atom is 0.234 e. The normalized spacial score (nSPS) is 25.6. The van der Waals surface area contributed by atoms with Crippen molar-refractivity contribution >= 4 is 5.91 Å². The van der Waals surface area contributed by atoms with Gasteiger partial charge in [-0.3, -0.25) is 9.69 Å². The molecule has 2 rings (SSSR count). The number of hydrogen-bond acceptors (Lipinski definition) is 5. The Hall–Kier alpha value is -0.690. The maximum atomic E-state index is 12.1. The van der Waals surface area contributed by atoms with Crippen LogP contribution in [0.15, 0.2) is 0 Å². The number of methoxy groups -OCH3 is 1. The molecule has 6 nitrogen and oxygen atoms in total. The highest BCUT2D eigenvalue weighted by atomic mass is 16.5. The predicted molar refractivity (Wildman–Crippen MR) is 81.3 cm³/mol. The molecule has 2 unspecified atom stereocenters. The molecule has 122 valence electrons. The van der Waals surface area contributed by atoms with Gasteiger partial charge in [0.1, 0.15) is 0 Å². The van der Waals surface area contributed by atoms with Crippen LogP contribution in [0, 0.1) is 0 Å². The molecule has 6 heteroatoms. The number of rotatable bonds is 9. The van der Waals surface area contributed by atoms with E-state index >= 15 is 0 Å². The van der Waals surface area contributed by atoms with Crippen molar-refractivity contribution in [3.05, 3.63) is 0 Å². The van der Waals surface area contributed by atoms with E-state index in [0.717, 1.165) is 39.1 Å². The van der Waals surface area contributed by atoms with Crippen LogP contribution in [-0.4, -0.2) is 76.0 Å². The smallest absolute Gasteiger partial charge is 0.234 e. The van der Waals surface area contributed by atoms with Crippen molar-refractivity contribution in [2.24, 2.45) is 0 Å². The first-order chi connectivity index (χ1) is 10.3. The average Bonchev–Trinajstić information content (AvgIpc) is 3.15. The van der Waals surface area contributed by atoms with E-state index in [1.165, 1.54) is 12.8 Å². The largest absolute Gasteiger partial charge is 0.383 e. The summed E-state index contributed by atoms with van der Waals surface area (Å²) in [7, 11) is 1.70. The lowest BCUT2D eigenvalue weighted by atomic mass is 10.2. The lowest BCUT2D eigenvalue weighted by Crippen LogP contribution is -2.45. The Morgan fingerprint density at radius 3 is 3.00 bits per heavy atom. The van der Waals surface area contributed by atoms with E-state index in [0.29, 0.717) is 25.7 Å². The van der Waals surface area contributed by atoms with Crippen LogP contribution in [0.4, 0.5) is 0 Å². The molecule has 0 bridgehead atoms. The van der Waals surface area contributed by atoms with Crippen LogP contribution in [0.1, 0.15) is 25.7 Å². The topological polar surface area (TPSA) is 62.8 Å². The third-order valence-corrected chi connectivity index (χ3v) is 4.17. The minimum absolute atomic E-state index is 0.0830. The Bertz CT molecular complexity index is 303. The second kappa shape index (κ2) is 9.35. The van der Waals surface area contributed by atoms with Crippen LogP contribution in [0.2, 0.25) is 0 Å². The van der Waals surface area contributed by atoms with E-state index in [4.69, 9.17) is 9.47 Å². The molecule has 0 aromatic rings. The predicted octanol–water partition coefficient (Wildman–Crippen LogP) is -0.0180. The van der Waals surface area contributed by atoms with Crippen molar-refractivity contribution in [3.8, 4) is 0 Å². The summed E-state index contributed by atoms with van der Waals surface area (Å²) < 4.78 is 10.7. The standard InChI is InChI=1S/C15H29N3O3/c1-20-9-7-18(11-13-4-2-6-16-13)12-15(19)17-10-14-5-3-8-21-14/h13-14,16H,2-12H2,1H3,(H,17,19). The van der Waals surface area contributed by atoms with Gasteiger partial charge in [-0.15, -0.1) is 0 Å². The molecule has 0 radical (unpaired) electrons. The third-order valence-electron chi connectivity index (χ3n) is 4.17. The Kier molecular flexibility index (Phi) is 7.43. The summed E-state index contributed by atoms with van der Waals surface area (Å²) in [5, 5.41) is 6.47. The maximum absolute atomic E-state index is 12.1. The highest BCUT2D eigenvalue weighted by molar-refractivity contribution is 5.78.